The van der Waals surface area contributed by atoms with Crippen LogP contribution in [0.1, 0.15) is 65.9 Å². The quantitative estimate of drug-likeness (QED) is 0.546. The monoisotopic (exact) mass is 476 g/mol. The summed E-state index contributed by atoms with van der Waals surface area (Å²) in [6, 6.07) is 7.05. The lowest BCUT2D eigenvalue weighted by Crippen LogP contribution is -2.63. The zero-order valence-electron chi connectivity index (χ0n) is 21.7. The largest absolute Gasteiger partial charge is 0.493 e. The van der Waals surface area contributed by atoms with E-state index in [-0.39, 0.29) is 11.1 Å². The molecular weight excluding hydrogens is 432 g/mol. The van der Waals surface area contributed by atoms with Crippen molar-refractivity contribution in [2.75, 3.05) is 33.9 Å². The van der Waals surface area contributed by atoms with Crippen molar-refractivity contribution in [3.8, 4) is 11.5 Å². The third kappa shape index (κ3) is 6.96. The van der Waals surface area contributed by atoms with Gasteiger partial charge in [-0.2, -0.15) is 0 Å². The summed E-state index contributed by atoms with van der Waals surface area (Å²) < 4.78 is 11.0. The summed E-state index contributed by atoms with van der Waals surface area (Å²) in [5.74, 6) is 1.51. The molecule has 2 aliphatic heterocycles. The molecule has 3 rings (SSSR count). The Morgan fingerprint density at radius 2 is 1.82 bits per heavy atom. The topological polar surface area (TPSA) is 49.0 Å². The molecule has 0 aliphatic carbocycles. The van der Waals surface area contributed by atoms with Crippen LogP contribution in [0.25, 0.3) is 0 Å². The Kier molecular flexibility index (Phi) is 8.51. The minimum absolute atomic E-state index is 0.0771. The average molecular weight is 477 g/mol. The van der Waals surface area contributed by atoms with Crippen LogP contribution in [-0.4, -0.2) is 71.9 Å². The lowest BCUT2D eigenvalue weighted by molar-refractivity contribution is 0.152. The smallest absolute Gasteiger partial charge is 0.169 e. The maximum absolute atomic E-state index is 6.04. The highest BCUT2D eigenvalue weighted by atomic mass is 32.1. The van der Waals surface area contributed by atoms with Crippen LogP contribution in [0.5, 0.6) is 11.5 Å². The summed E-state index contributed by atoms with van der Waals surface area (Å²) in [6.45, 7) is 15.3. The molecule has 7 heteroatoms. The van der Waals surface area contributed by atoms with Gasteiger partial charge in [0.25, 0.3) is 0 Å². The number of hydrogen-bond donors (Lipinski definition) is 2. The first-order valence-corrected chi connectivity index (χ1v) is 12.8. The van der Waals surface area contributed by atoms with Gasteiger partial charge in [-0.3, -0.25) is 4.90 Å². The lowest BCUT2D eigenvalue weighted by atomic mass is 9.80. The lowest BCUT2D eigenvalue weighted by Gasteiger charge is -2.47. The third-order valence-corrected chi connectivity index (χ3v) is 7.34. The second-order valence-electron chi connectivity index (χ2n) is 10.9. The zero-order valence-corrected chi connectivity index (χ0v) is 22.5. The van der Waals surface area contributed by atoms with E-state index in [2.05, 4.69) is 67.2 Å². The van der Waals surface area contributed by atoms with Gasteiger partial charge in [0.2, 0.25) is 0 Å². The fourth-order valence-electron chi connectivity index (χ4n) is 5.88. The number of hydrogen-bond acceptors (Lipinski definition) is 5. The molecule has 0 saturated carbocycles. The second kappa shape index (κ2) is 10.8. The fraction of sp³-hybridized carbons (Fsp3) is 0.731. The zero-order chi connectivity index (χ0) is 24.2. The minimum atomic E-state index is 0.0771. The van der Waals surface area contributed by atoms with Crippen molar-refractivity contribution in [1.82, 2.24) is 20.4 Å². The predicted octanol–water partition coefficient (Wildman–Crippen LogP) is 4.17. The first-order valence-electron chi connectivity index (χ1n) is 12.4. The number of nitrogens with one attached hydrogen (secondary N) is 2. The van der Waals surface area contributed by atoms with Gasteiger partial charge in [-0.15, -0.1) is 0 Å². The van der Waals surface area contributed by atoms with E-state index in [0.717, 1.165) is 49.1 Å². The highest BCUT2D eigenvalue weighted by molar-refractivity contribution is 7.80. The van der Waals surface area contributed by atoms with E-state index >= 15 is 0 Å². The number of nitrogens with zero attached hydrogens (tertiary/aromatic N) is 2. The standard InChI is InChI=1S/C26H44N4O2S/c1-8-29-13-9-10-21(29)18-30(17-19-11-12-22(31-6)23(14-19)32-7)24(33)27-20-15-25(2,3)28-26(4,5)16-20/h11-12,14,20-21,28H,8-10,13,15-18H2,1-7H3,(H,27,33). The summed E-state index contributed by atoms with van der Waals surface area (Å²) >= 11 is 6.04. The van der Waals surface area contributed by atoms with Gasteiger partial charge in [-0.25, -0.2) is 0 Å². The van der Waals surface area contributed by atoms with E-state index in [4.69, 9.17) is 21.7 Å². The number of thiocarbonyl (C=S) groups is 1. The summed E-state index contributed by atoms with van der Waals surface area (Å²) in [5, 5.41) is 8.37. The van der Waals surface area contributed by atoms with Crippen LogP contribution in [0.3, 0.4) is 0 Å². The van der Waals surface area contributed by atoms with Crippen LogP contribution >= 0.6 is 12.2 Å². The molecule has 0 bridgehead atoms. The van der Waals surface area contributed by atoms with Crippen molar-refractivity contribution < 1.29 is 9.47 Å². The summed E-state index contributed by atoms with van der Waals surface area (Å²) in [7, 11) is 3.36. The van der Waals surface area contributed by atoms with E-state index in [1.165, 1.54) is 24.9 Å². The Morgan fingerprint density at radius 1 is 1.15 bits per heavy atom. The van der Waals surface area contributed by atoms with Gasteiger partial charge in [-0.1, -0.05) is 13.0 Å². The number of likely N-dealkylation sites (tertiary alicyclic amines) is 1. The molecule has 6 nitrogen and oxygen atoms in total. The molecule has 1 aromatic rings. The van der Waals surface area contributed by atoms with Gasteiger partial charge < -0.3 is 25.0 Å². The van der Waals surface area contributed by atoms with Gasteiger partial charge in [0.1, 0.15) is 0 Å². The Hall–Kier alpha value is -1.57. The maximum Gasteiger partial charge on any atom is 0.169 e. The van der Waals surface area contributed by atoms with Crippen LogP contribution in [0.2, 0.25) is 0 Å². The molecule has 2 saturated heterocycles. The van der Waals surface area contributed by atoms with Crippen LogP contribution in [0.15, 0.2) is 18.2 Å². The number of piperidine rings is 1. The first-order chi connectivity index (χ1) is 15.6. The van der Waals surface area contributed by atoms with Crippen LogP contribution in [0, 0.1) is 0 Å². The molecule has 0 spiro atoms. The Bertz CT molecular complexity index is 797. The molecule has 2 fully saturated rings. The first kappa shape index (κ1) is 26.0. The van der Waals surface area contributed by atoms with E-state index in [1.54, 1.807) is 14.2 Å². The maximum atomic E-state index is 6.04. The third-order valence-electron chi connectivity index (χ3n) is 6.96. The summed E-state index contributed by atoms with van der Waals surface area (Å²) in [5.41, 5.74) is 1.32. The fourth-order valence-corrected chi connectivity index (χ4v) is 6.19. The molecule has 0 radical (unpaired) electrons. The Balaban J connectivity index is 1.78. The SMILES string of the molecule is CCN1CCCC1CN(Cc1ccc(OC)c(OC)c1)C(=S)NC1CC(C)(C)NC(C)(C)C1. The van der Waals surface area contributed by atoms with Crippen molar-refractivity contribution in [3.05, 3.63) is 23.8 Å². The van der Waals surface area contributed by atoms with Crippen molar-refractivity contribution >= 4 is 17.3 Å². The van der Waals surface area contributed by atoms with E-state index in [0.29, 0.717) is 12.1 Å². The van der Waals surface area contributed by atoms with Crippen LogP contribution in [0.4, 0.5) is 0 Å². The van der Waals surface area contributed by atoms with Gasteiger partial charge in [0.05, 0.1) is 14.2 Å². The molecule has 0 amide bonds. The normalized spacial score (nSPS) is 22.7. The van der Waals surface area contributed by atoms with E-state index in [1.807, 2.05) is 6.07 Å². The van der Waals surface area contributed by atoms with Crippen molar-refractivity contribution in [3.63, 3.8) is 0 Å². The number of likely N-dealkylation sites (N-methyl/N-ethyl adjacent to an activating group) is 1. The molecule has 33 heavy (non-hydrogen) atoms. The molecule has 2 N–H and O–H groups in total. The highest BCUT2D eigenvalue weighted by Crippen LogP contribution is 2.30. The summed E-state index contributed by atoms with van der Waals surface area (Å²) in [6.07, 6.45) is 4.59. The molecular formula is C26H44N4O2S. The molecule has 1 atom stereocenters. The molecule has 0 aromatic heterocycles. The number of rotatable bonds is 8. The summed E-state index contributed by atoms with van der Waals surface area (Å²) in [4.78, 5) is 4.94. The van der Waals surface area contributed by atoms with Gasteiger partial charge in [-0.05, 0) is 96.4 Å². The van der Waals surface area contributed by atoms with Gasteiger partial charge in [0.15, 0.2) is 16.6 Å². The number of methoxy groups -OCH3 is 2. The van der Waals surface area contributed by atoms with Crippen molar-refractivity contribution in [1.29, 1.82) is 0 Å². The molecule has 1 aromatic carbocycles. The Morgan fingerprint density at radius 3 is 2.42 bits per heavy atom. The Labute approximate surface area is 206 Å². The van der Waals surface area contributed by atoms with Crippen LogP contribution in [-0.2, 0) is 6.54 Å². The van der Waals surface area contributed by atoms with E-state index < -0.39 is 0 Å². The molecule has 2 aliphatic rings. The van der Waals surface area contributed by atoms with Gasteiger partial charge >= 0.3 is 0 Å². The second-order valence-corrected chi connectivity index (χ2v) is 11.3. The highest BCUT2D eigenvalue weighted by Gasteiger charge is 2.38. The minimum Gasteiger partial charge on any atom is -0.493 e. The molecule has 186 valence electrons. The van der Waals surface area contributed by atoms with Crippen LogP contribution < -0.4 is 20.1 Å². The van der Waals surface area contributed by atoms with Gasteiger partial charge in [0, 0.05) is 36.3 Å². The average Bonchev–Trinajstić information content (AvgIpc) is 3.17. The van der Waals surface area contributed by atoms with Crippen molar-refractivity contribution in [2.45, 2.75) is 90.0 Å². The molecule has 2 heterocycles. The van der Waals surface area contributed by atoms with Crippen molar-refractivity contribution in [2.24, 2.45) is 0 Å². The number of benzene rings is 1. The number of ether oxygens (including phenoxy) is 2. The van der Waals surface area contributed by atoms with E-state index in [9.17, 15) is 0 Å². The predicted molar refractivity (Wildman–Crippen MR) is 140 cm³/mol. The molecule has 1 unspecified atom stereocenters.